The maximum atomic E-state index is 6.43. The Balaban J connectivity index is 1.45. The lowest BCUT2D eigenvalue weighted by Crippen LogP contribution is -2.33. The molecule has 0 saturated heterocycles. The minimum absolute atomic E-state index is 0.114. The Morgan fingerprint density at radius 1 is 0.879 bits per heavy atom. The highest BCUT2D eigenvalue weighted by Gasteiger charge is 2.40. The van der Waals surface area contributed by atoms with Gasteiger partial charge in [-0.15, -0.1) is 0 Å². The molecule has 3 aromatic rings. The number of ether oxygens (including phenoxy) is 3. The predicted molar refractivity (Wildman–Crippen MR) is 130 cm³/mol. The Morgan fingerprint density at radius 3 is 2.18 bits per heavy atom. The highest BCUT2D eigenvalue weighted by atomic mass is 16.5. The minimum atomic E-state index is -0.314. The van der Waals surface area contributed by atoms with Crippen molar-refractivity contribution in [3.63, 3.8) is 0 Å². The first-order valence-corrected chi connectivity index (χ1v) is 11.1. The fraction of sp³-hybridized carbons (Fsp3) is 0.179. The molecule has 2 heterocycles. The SMILES string of the molecule is C=CCOc1ccc(C2=NN3[C@@H](C2)c2ccccc2O[C@H]3c2ccc(OCC=C)cc2)cc1. The molecule has 0 amide bonds. The standard InChI is InChI=1S/C28H26N2O3/c1-3-17-31-22-13-9-20(10-14-22)25-19-26-24-7-5-6-8-27(24)33-28(30(26)29-25)21-11-15-23(16-12-21)32-18-4-2/h3-16,26,28H,1-2,17-19H2/t26-,28-/m0/s1. The summed E-state index contributed by atoms with van der Waals surface area (Å²) in [5.74, 6) is 2.52. The molecule has 0 bridgehead atoms. The van der Waals surface area contributed by atoms with Crippen LogP contribution in [-0.4, -0.2) is 23.9 Å². The number of hydrogen-bond acceptors (Lipinski definition) is 5. The summed E-state index contributed by atoms with van der Waals surface area (Å²) in [5.41, 5.74) is 4.30. The van der Waals surface area contributed by atoms with E-state index in [1.165, 1.54) is 0 Å². The zero-order valence-corrected chi connectivity index (χ0v) is 18.4. The highest BCUT2D eigenvalue weighted by molar-refractivity contribution is 6.02. The molecule has 0 radical (unpaired) electrons. The monoisotopic (exact) mass is 438 g/mol. The average molecular weight is 439 g/mol. The van der Waals surface area contributed by atoms with Crippen LogP contribution in [-0.2, 0) is 0 Å². The summed E-state index contributed by atoms with van der Waals surface area (Å²) < 4.78 is 17.7. The van der Waals surface area contributed by atoms with Gasteiger partial charge >= 0.3 is 0 Å². The molecular weight excluding hydrogens is 412 g/mol. The van der Waals surface area contributed by atoms with Crippen molar-refractivity contribution in [2.75, 3.05) is 13.2 Å². The molecule has 3 aromatic carbocycles. The van der Waals surface area contributed by atoms with Gasteiger partial charge in [0.15, 0.2) is 0 Å². The number of benzene rings is 3. The molecule has 5 heteroatoms. The van der Waals surface area contributed by atoms with Crippen molar-refractivity contribution in [3.05, 3.63) is 115 Å². The fourth-order valence-corrected chi connectivity index (χ4v) is 4.21. The molecule has 0 fully saturated rings. The van der Waals surface area contributed by atoms with E-state index in [0.717, 1.165) is 46.1 Å². The molecule has 0 spiro atoms. The molecule has 166 valence electrons. The van der Waals surface area contributed by atoms with Crippen LogP contribution < -0.4 is 14.2 Å². The molecule has 0 unspecified atom stereocenters. The number of rotatable bonds is 8. The van der Waals surface area contributed by atoms with Crippen LogP contribution in [0, 0.1) is 0 Å². The van der Waals surface area contributed by atoms with Crippen molar-refractivity contribution >= 4 is 5.71 Å². The summed E-state index contributed by atoms with van der Waals surface area (Å²) in [7, 11) is 0. The first kappa shape index (κ1) is 20.9. The fourth-order valence-electron chi connectivity index (χ4n) is 4.21. The predicted octanol–water partition coefficient (Wildman–Crippen LogP) is 6.06. The van der Waals surface area contributed by atoms with E-state index in [1.807, 2.05) is 48.5 Å². The first-order chi connectivity index (χ1) is 16.3. The Kier molecular flexibility index (Phi) is 5.85. The summed E-state index contributed by atoms with van der Waals surface area (Å²) in [6, 6.07) is 24.4. The van der Waals surface area contributed by atoms with Gasteiger partial charge in [-0.05, 0) is 60.2 Å². The van der Waals surface area contributed by atoms with Gasteiger partial charge in [-0.3, -0.25) is 0 Å². The summed E-state index contributed by atoms with van der Waals surface area (Å²) in [5, 5.41) is 7.11. The van der Waals surface area contributed by atoms with Crippen LogP contribution in [0.2, 0.25) is 0 Å². The van der Waals surface area contributed by atoms with Gasteiger partial charge < -0.3 is 14.2 Å². The molecule has 33 heavy (non-hydrogen) atoms. The van der Waals surface area contributed by atoms with Gasteiger partial charge in [0.25, 0.3) is 0 Å². The summed E-state index contributed by atoms with van der Waals surface area (Å²) >= 11 is 0. The zero-order valence-electron chi connectivity index (χ0n) is 18.4. The molecule has 5 rings (SSSR count). The van der Waals surface area contributed by atoms with E-state index in [1.54, 1.807) is 12.2 Å². The average Bonchev–Trinajstić information content (AvgIpc) is 3.32. The van der Waals surface area contributed by atoms with Crippen LogP contribution in [0.4, 0.5) is 0 Å². The molecule has 2 atom stereocenters. The second-order valence-corrected chi connectivity index (χ2v) is 7.95. The Hall–Kier alpha value is -3.99. The molecular formula is C28H26N2O3. The van der Waals surface area contributed by atoms with Crippen LogP contribution in [0.1, 0.15) is 35.4 Å². The molecule has 0 saturated carbocycles. The van der Waals surface area contributed by atoms with Crippen LogP contribution in [0.15, 0.2) is 103 Å². The maximum Gasteiger partial charge on any atom is 0.213 e. The van der Waals surface area contributed by atoms with Crippen LogP contribution >= 0.6 is 0 Å². The van der Waals surface area contributed by atoms with E-state index < -0.39 is 0 Å². The number of hydrazone groups is 1. The van der Waals surface area contributed by atoms with Gasteiger partial charge in [0.2, 0.25) is 6.23 Å². The van der Waals surface area contributed by atoms with Crippen molar-refractivity contribution in [2.45, 2.75) is 18.7 Å². The Bertz CT molecular complexity index is 1170. The molecule has 2 aliphatic rings. The number of hydrogen-bond donors (Lipinski definition) is 0. The van der Waals surface area contributed by atoms with Crippen molar-refractivity contribution in [1.82, 2.24) is 5.01 Å². The third kappa shape index (κ3) is 4.22. The Labute approximate surface area is 194 Å². The lowest BCUT2D eigenvalue weighted by Gasteiger charge is -2.38. The van der Waals surface area contributed by atoms with Gasteiger partial charge in [0, 0.05) is 17.5 Å². The third-order valence-electron chi connectivity index (χ3n) is 5.79. The van der Waals surface area contributed by atoms with Gasteiger partial charge in [-0.1, -0.05) is 43.5 Å². The van der Waals surface area contributed by atoms with Crippen molar-refractivity contribution in [3.8, 4) is 17.2 Å². The lowest BCUT2D eigenvalue weighted by atomic mass is 9.96. The van der Waals surface area contributed by atoms with E-state index in [9.17, 15) is 0 Å². The van der Waals surface area contributed by atoms with Crippen LogP contribution in [0.25, 0.3) is 0 Å². The van der Waals surface area contributed by atoms with E-state index in [2.05, 4.69) is 42.4 Å². The van der Waals surface area contributed by atoms with E-state index in [0.29, 0.717) is 13.2 Å². The number of nitrogens with zero attached hydrogens (tertiary/aromatic N) is 2. The molecule has 2 aliphatic heterocycles. The lowest BCUT2D eigenvalue weighted by molar-refractivity contribution is -0.0190. The van der Waals surface area contributed by atoms with Crippen molar-refractivity contribution in [1.29, 1.82) is 0 Å². The largest absolute Gasteiger partial charge is 0.490 e. The smallest absolute Gasteiger partial charge is 0.213 e. The molecule has 5 nitrogen and oxygen atoms in total. The van der Waals surface area contributed by atoms with Gasteiger partial charge in [-0.25, -0.2) is 5.01 Å². The minimum Gasteiger partial charge on any atom is -0.490 e. The van der Waals surface area contributed by atoms with Crippen LogP contribution in [0.5, 0.6) is 17.2 Å². The van der Waals surface area contributed by atoms with E-state index >= 15 is 0 Å². The van der Waals surface area contributed by atoms with Gasteiger partial charge in [0.1, 0.15) is 30.5 Å². The summed E-state index contributed by atoms with van der Waals surface area (Å²) in [6.45, 7) is 8.36. The highest BCUT2D eigenvalue weighted by Crippen LogP contribution is 2.47. The summed E-state index contributed by atoms with van der Waals surface area (Å²) in [6.07, 6.45) is 3.97. The second-order valence-electron chi connectivity index (χ2n) is 7.95. The van der Waals surface area contributed by atoms with Gasteiger partial charge in [0.05, 0.1) is 11.8 Å². The van der Waals surface area contributed by atoms with Crippen molar-refractivity contribution in [2.24, 2.45) is 5.10 Å². The first-order valence-electron chi connectivity index (χ1n) is 11.1. The third-order valence-corrected chi connectivity index (χ3v) is 5.79. The maximum absolute atomic E-state index is 6.43. The quantitative estimate of drug-likeness (QED) is 0.401. The number of para-hydroxylation sites is 1. The van der Waals surface area contributed by atoms with E-state index in [4.69, 9.17) is 19.3 Å². The van der Waals surface area contributed by atoms with E-state index in [-0.39, 0.29) is 12.3 Å². The molecule has 0 aliphatic carbocycles. The molecule has 0 aromatic heterocycles. The van der Waals surface area contributed by atoms with Crippen LogP contribution in [0.3, 0.4) is 0 Å². The normalized spacial score (nSPS) is 18.4. The molecule has 0 N–H and O–H groups in total. The zero-order chi connectivity index (χ0) is 22.6. The summed E-state index contributed by atoms with van der Waals surface area (Å²) in [4.78, 5) is 0. The van der Waals surface area contributed by atoms with Gasteiger partial charge in [-0.2, -0.15) is 5.10 Å². The second kappa shape index (κ2) is 9.25. The Morgan fingerprint density at radius 2 is 1.52 bits per heavy atom. The number of fused-ring (bicyclic) bond motifs is 3. The topological polar surface area (TPSA) is 43.3 Å². The van der Waals surface area contributed by atoms with Crippen molar-refractivity contribution < 1.29 is 14.2 Å².